The average Bonchev–Trinajstić information content (AvgIpc) is 2.65. The van der Waals surface area contributed by atoms with Crippen LogP contribution in [0, 0.1) is 5.82 Å². The van der Waals surface area contributed by atoms with Gasteiger partial charge in [0, 0.05) is 23.5 Å². The number of hydrogen-bond donors (Lipinski definition) is 2. The van der Waals surface area contributed by atoms with Gasteiger partial charge in [-0.05, 0) is 36.2 Å². The Hall–Kier alpha value is -3.06. The highest BCUT2D eigenvalue weighted by Crippen LogP contribution is 2.34. The second-order valence-corrected chi connectivity index (χ2v) is 6.74. The van der Waals surface area contributed by atoms with Crippen LogP contribution in [0.5, 0.6) is 0 Å². The molecule has 3 heterocycles. The molecule has 7 heteroatoms. The zero-order valence-electron chi connectivity index (χ0n) is 14.8. The smallest absolute Gasteiger partial charge is 0.251 e. The summed E-state index contributed by atoms with van der Waals surface area (Å²) in [5, 5.41) is 10.7. The molecule has 0 aliphatic carbocycles. The number of H-pyrrole nitrogens is 1. The minimum atomic E-state index is -1.00. The summed E-state index contributed by atoms with van der Waals surface area (Å²) in [4.78, 5) is 25.2. The molecule has 1 saturated heterocycles. The van der Waals surface area contributed by atoms with E-state index >= 15 is 0 Å². The third-order valence-corrected chi connectivity index (χ3v) is 4.79. The Labute approximate surface area is 155 Å². The Balaban J connectivity index is 1.50. The van der Waals surface area contributed by atoms with Gasteiger partial charge in [-0.1, -0.05) is 19.1 Å². The zero-order valence-corrected chi connectivity index (χ0v) is 14.8. The van der Waals surface area contributed by atoms with E-state index in [9.17, 15) is 14.3 Å². The van der Waals surface area contributed by atoms with E-state index in [2.05, 4.69) is 15.0 Å². The quantitative estimate of drug-likeness (QED) is 0.740. The van der Waals surface area contributed by atoms with E-state index in [0.29, 0.717) is 30.9 Å². The van der Waals surface area contributed by atoms with Crippen LogP contribution < -0.4 is 10.5 Å². The van der Waals surface area contributed by atoms with Crippen LogP contribution in [0.15, 0.2) is 53.5 Å². The van der Waals surface area contributed by atoms with E-state index < -0.39 is 5.60 Å². The molecule has 138 valence electrons. The predicted octanol–water partition coefficient (Wildman–Crippen LogP) is 2.24. The molecule has 2 aromatic heterocycles. The van der Waals surface area contributed by atoms with Crippen molar-refractivity contribution >= 4 is 5.82 Å². The maximum atomic E-state index is 13.1. The lowest BCUT2D eigenvalue weighted by Gasteiger charge is -2.47. The lowest BCUT2D eigenvalue weighted by molar-refractivity contribution is 0.00701. The molecule has 0 saturated carbocycles. The highest BCUT2D eigenvalue weighted by molar-refractivity contribution is 5.57. The van der Waals surface area contributed by atoms with Crippen molar-refractivity contribution < 1.29 is 9.50 Å². The maximum absolute atomic E-state index is 13.1. The fourth-order valence-electron chi connectivity index (χ4n) is 3.23. The van der Waals surface area contributed by atoms with Crippen molar-refractivity contribution in [2.75, 3.05) is 18.0 Å². The Morgan fingerprint density at radius 1 is 1.22 bits per heavy atom. The summed E-state index contributed by atoms with van der Waals surface area (Å²) >= 11 is 0. The summed E-state index contributed by atoms with van der Waals surface area (Å²) in [6.07, 6.45) is 2.33. The topological polar surface area (TPSA) is 82.1 Å². The van der Waals surface area contributed by atoms with Gasteiger partial charge in [0.1, 0.15) is 23.1 Å². The number of aromatic nitrogens is 3. The molecule has 0 spiro atoms. The first-order valence-electron chi connectivity index (χ1n) is 8.77. The minimum absolute atomic E-state index is 0.187. The molecule has 1 fully saturated rings. The molecule has 1 aromatic carbocycles. The summed E-state index contributed by atoms with van der Waals surface area (Å²) in [5.41, 5.74) is 0.949. The molecule has 3 aromatic rings. The molecule has 4 rings (SSSR count). The molecule has 0 bridgehead atoms. The van der Waals surface area contributed by atoms with Crippen LogP contribution in [-0.4, -0.2) is 33.1 Å². The number of pyridine rings is 1. The molecule has 1 aliphatic rings. The summed E-state index contributed by atoms with van der Waals surface area (Å²) in [7, 11) is 0. The van der Waals surface area contributed by atoms with E-state index in [1.54, 1.807) is 18.3 Å². The van der Waals surface area contributed by atoms with Crippen molar-refractivity contribution in [2.24, 2.45) is 0 Å². The first kappa shape index (κ1) is 17.4. The summed E-state index contributed by atoms with van der Waals surface area (Å²) < 4.78 is 13.1. The number of β-amino-alcohol motifs (C(OH)–C–C–N with tert-alkyl or cyclic N) is 1. The van der Waals surface area contributed by atoms with Crippen molar-refractivity contribution in [2.45, 2.75) is 18.9 Å². The van der Waals surface area contributed by atoms with Gasteiger partial charge in [0.15, 0.2) is 0 Å². The summed E-state index contributed by atoms with van der Waals surface area (Å²) in [6, 6.07) is 11.1. The Morgan fingerprint density at radius 3 is 2.59 bits per heavy atom. The van der Waals surface area contributed by atoms with Crippen LogP contribution >= 0.6 is 0 Å². The number of benzene rings is 1. The monoisotopic (exact) mass is 366 g/mol. The number of hydrogen-bond acceptors (Lipinski definition) is 5. The molecule has 0 unspecified atom stereocenters. The van der Waals surface area contributed by atoms with Gasteiger partial charge in [0.2, 0.25) is 0 Å². The van der Waals surface area contributed by atoms with E-state index in [1.807, 2.05) is 24.0 Å². The number of nitrogens with zero attached hydrogens (tertiary/aromatic N) is 3. The normalized spacial score (nSPS) is 15.4. The summed E-state index contributed by atoms with van der Waals surface area (Å²) in [5.74, 6) is 0.888. The van der Waals surface area contributed by atoms with E-state index in [0.717, 1.165) is 17.1 Å². The Bertz CT molecular complexity index is 1010. The maximum Gasteiger partial charge on any atom is 0.251 e. The fourth-order valence-corrected chi connectivity index (χ4v) is 3.23. The minimum Gasteiger partial charge on any atom is -0.381 e. The number of nitrogens with one attached hydrogen (secondary N) is 1. The molecule has 27 heavy (non-hydrogen) atoms. The van der Waals surface area contributed by atoms with Crippen LogP contribution in [-0.2, 0) is 12.0 Å². The second-order valence-electron chi connectivity index (χ2n) is 6.74. The number of aryl methyl sites for hydroxylation is 1. The van der Waals surface area contributed by atoms with Crippen molar-refractivity contribution in [3.63, 3.8) is 0 Å². The van der Waals surface area contributed by atoms with Crippen molar-refractivity contribution in [3.8, 4) is 11.4 Å². The van der Waals surface area contributed by atoms with E-state index in [1.165, 1.54) is 18.2 Å². The van der Waals surface area contributed by atoms with Gasteiger partial charge in [-0.25, -0.2) is 14.4 Å². The third kappa shape index (κ3) is 3.33. The molecule has 0 atom stereocenters. The SMILES string of the molecule is CCc1cc(=O)[nH]c(-c2ccc(N3CC(O)(c4ccc(F)cc4)C3)nc2)n1. The van der Waals surface area contributed by atoms with E-state index in [4.69, 9.17) is 0 Å². The molecule has 0 radical (unpaired) electrons. The van der Waals surface area contributed by atoms with Crippen molar-refractivity contribution in [1.82, 2.24) is 15.0 Å². The van der Waals surface area contributed by atoms with Crippen molar-refractivity contribution in [1.29, 1.82) is 0 Å². The van der Waals surface area contributed by atoms with Crippen molar-refractivity contribution in [3.05, 3.63) is 76.1 Å². The largest absolute Gasteiger partial charge is 0.381 e. The molecular formula is C20H19FN4O2. The third-order valence-electron chi connectivity index (χ3n) is 4.79. The lowest BCUT2D eigenvalue weighted by Crippen LogP contribution is -2.59. The highest BCUT2D eigenvalue weighted by atomic mass is 19.1. The van der Waals surface area contributed by atoms with Crippen LogP contribution in [0.1, 0.15) is 18.2 Å². The first-order valence-corrected chi connectivity index (χ1v) is 8.77. The Morgan fingerprint density at radius 2 is 1.96 bits per heavy atom. The lowest BCUT2D eigenvalue weighted by atomic mass is 9.86. The van der Waals surface area contributed by atoms with E-state index in [-0.39, 0.29) is 11.4 Å². The predicted molar refractivity (Wildman–Crippen MR) is 100.0 cm³/mol. The van der Waals surface area contributed by atoms with Crippen LogP contribution in [0.25, 0.3) is 11.4 Å². The molecule has 1 aliphatic heterocycles. The molecule has 0 amide bonds. The second kappa shape index (κ2) is 6.59. The van der Waals surface area contributed by atoms with Crippen LogP contribution in [0.4, 0.5) is 10.2 Å². The first-order chi connectivity index (χ1) is 13.0. The fraction of sp³-hybridized carbons (Fsp3) is 0.250. The zero-order chi connectivity index (χ0) is 19.0. The number of anilines is 1. The van der Waals surface area contributed by atoms with Gasteiger partial charge in [-0.15, -0.1) is 0 Å². The van der Waals surface area contributed by atoms with Gasteiger partial charge >= 0.3 is 0 Å². The van der Waals surface area contributed by atoms with Gasteiger partial charge in [-0.2, -0.15) is 0 Å². The van der Waals surface area contributed by atoms with Gasteiger partial charge in [-0.3, -0.25) is 4.79 Å². The molecule has 2 N–H and O–H groups in total. The van der Waals surface area contributed by atoms with Crippen LogP contribution in [0.2, 0.25) is 0 Å². The number of aromatic amines is 1. The van der Waals surface area contributed by atoms with Gasteiger partial charge in [0.05, 0.1) is 13.1 Å². The standard InChI is InChI=1S/C20H19FN4O2/c1-2-16-9-18(26)24-19(23-16)13-3-8-17(22-10-13)25-11-20(27,12-25)14-4-6-15(21)7-5-14/h3-10,27H,2,11-12H2,1H3,(H,23,24,26). The van der Waals surface area contributed by atoms with Gasteiger partial charge in [0.25, 0.3) is 5.56 Å². The van der Waals surface area contributed by atoms with Gasteiger partial charge < -0.3 is 15.0 Å². The molecule has 6 nitrogen and oxygen atoms in total. The number of rotatable bonds is 4. The number of halogens is 1. The average molecular weight is 366 g/mol. The van der Waals surface area contributed by atoms with Crippen LogP contribution in [0.3, 0.4) is 0 Å². The molecular weight excluding hydrogens is 347 g/mol. The summed E-state index contributed by atoms with van der Waals surface area (Å²) in [6.45, 7) is 2.70. The number of aliphatic hydroxyl groups is 1. The highest BCUT2D eigenvalue weighted by Gasteiger charge is 2.43. The Kier molecular flexibility index (Phi) is 4.24.